The number of esters is 2. The van der Waals surface area contributed by atoms with Crippen LogP contribution in [0.15, 0.2) is 43.2 Å². The summed E-state index contributed by atoms with van der Waals surface area (Å²) in [6.07, 6.45) is 8.70. The molecule has 2 atom stereocenters. The van der Waals surface area contributed by atoms with E-state index in [0.29, 0.717) is 21.9 Å². The molecule has 0 N–H and O–H groups in total. The molecule has 0 amide bonds. The van der Waals surface area contributed by atoms with Crippen LogP contribution in [0.4, 0.5) is 0 Å². The third-order valence-corrected chi connectivity index (χ3v) is 6.24. The average molecular weight is 488 g/mol. The van der Waals surface area contributed by atoms with Crippen molar-refractivity contribution in [3.8, 4) is 0 Å². The van der Waals surface area contributed by atoms with E-state index in [4.69, 9.17) is 33.9 Å². The molecule has 2 aromatic rings. The van der Waals surface area contributed by atoms with Crippen LogP contribution in [-0.2, 0) is 19.1 Å². The van der Waals surface area contributed by atoms with Crippen molar-refractivity contribution >= 4 is 68.5 Å². The number of carbonyl (C=O) groups is 2. The average Bonchev–Trinajstić information content (AvgIpc) is 3.42. The highest BCUT2D eigenvalue weighted by Gasteiger charge is 2.18. The molecule has 0 aliphatic carbocycles. The Balaban J connectivity index is 0.000000300. The lowest BCUT2D eigenvalue weighted by atomic mass is 10.5. The molecule has 0 radical (unpaired) electrons. The summed E-state index contributed by atoms with van der Waals surface area (Å²) in [4.78, 5) is 26.5. The molecule has 0 fully saturated rings. The fraction of sp³-hybridized carbons (Fsp3) is 0.421. The highest BCUT2D eigenvalue weighted by atomic mass is 32.2. The Morgan fingerprint density at radius 2 is 1.37 bits per heavy atom. The number of rotatable bonds is 6. The Morgan fingerprint density at radius 1 is 0.900 bits per heavy atom. The van der Waals surface area contributed by atoms with Crippen LogP contribution in [0.3, 0.4) is 0 Å². The quantitative estimate of drug-likeness (QED) is 0.444. The predicted octanol–water partition coefficient (Wildman–Crippen LogP) is 4.01. The highest BCUT2D eigenvalue weighted by Crippen LogP contribution is 2.17. The number of carbonyl (C=O) groups excluding carboxylic acids is 2. The summed E-state index contributed by atoms with van der Waals surface area (Å²) < 4.78 is 14.5. The second kappa shape index (κ2) is 14.3. The molecular weight excluding hydrogens is 462 g/mol. The van der Waals surface area contributed by atoms with Gasteiger partial charge in [0.2, 0.25) is 0 Å². The Bertz CT molecular complexity index is 742. The third kappa shape index (κ3) is 9.41. The lowest BCUT2D eigenvalue weighted by Crippen LogP contribution is -2.19. The van der Waals surface area contributed by atoms with Crippen molar-refractivity contribution < 1.29 is 19.1 Å². The van der Waals surface area contributed by atoms with Gasteiger partial charge in [0.05, 0.1) is 13.2 Å². The molecule has 2 rings (SSSR count). The molecule has 164 valence electrons. The van der Waals surface area contributed by atoms with Crippen LogP contribution >= 0.6 is 48.0 Å². The van der Waals surface area contributed by atoms with Gasteiger partial charge in [-0.3, -0.25) is 14.2 Å². The summed E-state index contributed by atoms with van der Waals surface area (Å²) in [6.45, 7) is 7.93. The molecule has 0 spiro atoms. The van der Waals surface area contributed by atoms with Gasteiger partial charge in [0.25, 0.3) is 0 Å². The van der Waals surface area contributed by atoms with Crippen LogP contribution in [-0.4, -0.2) is 58.4 Å². The van der Waals surface area contributed by atoms with Crippen LogP contribution < -0.4 is 0 Å². The Labute approximate surface area is 195 Å². The molecular formula is C19H25N3O4S4. The van der Waals surface area contributed by atoms with Crippen LogP contribution in [0, 0.1) is 0 Å². The van der Waals surface area contributed by atoms with E-state index >= 15 is 0 Å². The van der Waals surface area contributed by atoms with E-state index in [1.807, 2.05) is 24.5 Å². The molecule has 2 heterocycles. The monoisotopic (exact) mass is 487 g/mol. The zero-order chi connectivity index (χ0) is 22.5. The highest BCUT2D eigenvalue weighted by molar-refractivity contribution is 8.24. The molecule has 0 saturated heterocycles. The lowest BCUT2D eigenvalue weighted by molar-refractivity contribution is -0.142. The van der Waals surface area contributed by atoms with E-state index in [-0.39, 0.29) is 22.4 Å². The summed E-state index contributed by atoms with van der Waals surface area (Å²) in [5.41, 5.74) is 0. The number of ether oxygens (including phenoxy) is 2. The first-order chi connectivity index (χ1) is 14.3. The second-order valence-corrected chi connectivity index (χ2v) is 9.57. The minimum Gasteiger partial charge on any atom is -0.465 e. The topological polar surface area (TPSA) is 75.3 Å². The predicted molar refractivity (Wildman–Crippen MR) is 130 cm³/mol. The minimum atomic E-state index is -0.292. The Hall–Kier alpha value is -1.69. The van der Waals surface area contributed by atoms with Gasteiger partial charge in [-0.05, 0) is 39.8 Å². The maximum absolute atomic E-state index is 11.3. The maximum atomic E-state index is 11.3. The standard InChI is InChI=1S/C10H13NO2S2.C9H12N2O2S2/c1-3-13-9(12)8(2)15-10(14)11-6-4-5-7-11;1-3-13-8(12)7(2)15-9(14)11-5-4-10-6-11/h4-8H,3H2,1-2H3;4-7H,3H2,1-2H3. The molecule has 2 unspecified atom stereocenters. The summed E-state index contributed by atoms with van der Waals surface area (Å²) >= 11 is 12.9. The first-order valence-corrected chi connectivity index (χ1v) is 11.7. The molecule has 0 aliphatic rings. The first kappa shape index (κ1) is 26.3. The molecule has 0 bridgehead atoms. The summed E-state index contributed by atoms with van der Waals surface area (Å²) in [7, 11) is 0. The van der Waals surface area contributed by atoms with Crippen LogP contribution in [0.5, 0.6) is 0 Å². The minimum absolute atomic E-state index is 0.225. The van der Waals surface area contributed by atoms with Gasteiger partial charge in [-0.2, -0.15) is 0 Å². The van der Waals surface area contributed by atoms with Gasteiger partial charge in [0.1, 0.15) is 25.5 Å². The SMILES string of the molecule is CCOC(=O)C(C)SC(=S)n1cccc1.CCOC(=O)C(C)SC(=S)n1ccnc1. The van der Waals surface area contributed by atoms with Gasteiger partial charge in [0.15, 0.2) is 0 Å². The number of hydrogen-bond acceptors (Lipinski definition) is 9. The van der Waals surface area contributed by atoms with E-state index in [1.54, 1.807) is 55.6 Å². The van der Waals surface area contributed by atoms with E-state index in [2.05, 4.69) is 4.98 Å². The smallest absolute Gasteiger partial charge is 0.319 e. The van der Waals surface area contributed by atoms with Crippen molar-refractivity contribution in [2.45, 2.75) is 38.2 Å². The largest absolute Gasteiger partial charge is 0.465 e. The Kier molecular flexibility index (Phi) is 12.6. The van der Waals surface area contributed by atoms with Crippen molar-refractivity contribution in [2.24, 2.45) is 0 Å². The van der Waals surface area contributed by atoms with Crippen molar-refractivity contribution in [3.05, 3.63) is 43.2 Å². The maximum Gasteiger partial charge on any atom is 0.319 e. The molecule has 0 saturated carbocycles. The van der Waals surface area contributed by atoms with Gasteiger partial charge in [-0.25, -0.2) is 4.98 Å². The number of aromatic nitrogens is 3. The van der Waals surface area contributed by atoms with E-state index < -0.39 is 0 Å². The van der Waals surface area contributed by atoms with Crippen LogP contribution in [0.1, 0.15) is 27.7 Å². The number of hydrogen-bond donors (Lipinski definition) is 0. The summed E-state index contributed by atoms with van der Waals surface area (Å²) in [6, 6.07) is 3.78. The van der Waals surface area contributed by atoms with E-state index in [1.165, 1.54) is 23.5 Å². The van der Waals surface area contributed by atoms with Crippen LogP contribution in [0.2, 0.25) is 0 Å². The van der Waals surface area contributed by atoms with E-state index in [9.17, 15) is 9.59 Å². The molecule has 2 aromatic heterocycles. The number of nitrogens with zero attached hydrogens (tertiary/aromatic N) is 3. The summed E-state index contributed by atoms with van der Waals surface area (Å²) in [5.74, 6) is -0.470. The van der Waals surface area contributed by atoms with Gasteiger partial charge in [-0.1, -0.05) is 48.0 Å². The fourth-order valence-electron chi connectivity index (χ4n) is 1.86. The molecule has 30 heavy (non-hydrogen) atoms. The van der Waals surface area contributed by atoms with Crippen LogP contribution in [0.25, 0.3) is 0 Å². The lowest BCUT2D eigenvalue weighted by Gasteiger charge is -2.11. The molecule has 7 nitrogen and oxygen atoms in total. The number of thiocarbonyl (C=S) groups is 2. The van der Waals surface area contributed by atoms with Crippen molar-refractivity contribution in [2.75, 3.05) is 13.2 Å². The van der Waals surface area contributed by atoms with Gasteiger partial charge < -0.3 is 14.0 Å². The Morgan fingerprint density at radius 3 is 1.77 bits per heavy atom. The zero-order valence-electron chi connectivity index (χ0n) is 17.2. The third-order valence-electron chi connectivity index (χ3n) is 3.32. The fourth-order valence-corrected chi connectivity index (χ4v) is 4.37. The van der Waals surface area contributed by atoms with Crippen molar-refractivity contribution in [1.29, 1.82) is 0 Å². The van der Waals surface area contributed by atoms with Gasteiger partial charge in [0, 0.05) is 24.8 Å². The van der Waals surface area contributed by atoms with Gasteiger partial charge in [-0.15, -0.1) is 0 Å². The number of thioether (sulfide) groups is 2. The molecule has 0 aromatic carbocycles. The normalized spacial score (nSPS) is 12.1. The van der Waals surface area contributed by atoms with E-state index in [0.717, 1.165) is 0 Å². The summed E-state index contributed by atoms with van der Waals surface area (Å²) in [5, 5.41) is -0.556. The second-order valence-electron chi connectivity index (χ2n) is 5.62. The van der Waals surface area contributed by atoms with Gasteiger partial charge >= 0.3 is 11.9 Å². The first-order valence-electron chi connectivity index (χ1n) is 9.16. The van der Waals surface area contributed by atoms with Crippen molar-refractivity contribution in [3.63, 3.8) is 0 Å². The number of imidazole rings is 1. The van der Waals surface area contributed by atoms with Crippen molar-refractivity contribution in [1.82, 2.24) is 14.1 Å². The molecule has 11 heteroatoms. The molecule has 0 aliphatic heterocycles. The zero-order valence-corrected chi connectivity index (χ0v) is 20.5.